The molecule has 0 aromatic heterocycles. The second kappa shape index (κ2) is 7.51. The van der Waals surface area contributed by atoms with Crippen LogP contribution in [0.1, 0.15) is 47.5 Å². The van der Waals surface area contributed by atoms with E-state index in [-0.39, 0.29) is 31.3 Å². The van der Waals surface area contributed by atoms with Crippen molar-refractivity contribution in [2.24, 2.45) is 11.1 Å². The van der Waals surface area contributed by atoms with E-state index in [1.165, 1.54) is 0 Å². The third kappa shape index (κ3) is 4.44. The maximum absolute atomic E-state index is 12.4. The zero-order chi connectivity index (χ0) is 19.5. The minimum Gasteiger partial charge on any atom is -0.464 e. The van der Waals surface area contributed by atoms with E-state index in [4.69, 9.17) is 19.0 Å². The molecule has 1 aliphatic heterocycles. The average Bonchev–Trinajstić information content (AvgIpc) is 3.03. The molecule has 1 aliphatic carbocycles. The molecule has 2 aliphatic rings. The molecule has 1 heterocycles. The summed E-state index contributed by atoms with van der Waals surface area (Å²) in [5.41, 5.74) is -1.77. The summed E-state index contributed by atoms with van der Waals surface area (Å²) in [6.07, 6.45) is -0.700. The zero-order valence-corrected chi connectivity index (χ0v) is 15.8. The van der Waals surface area contributed by atoms with Crippen LogP contribution in [-0.2, 0) is 28.6 Å². The highest BCUT2D eigenvalue weighted by molar-refractivity contribution is 6.36. The maximum Gasteiger partial charge on any atom is 0.408 e. The van der Waals surface area contributed by atoms with Gasteiger partial charge in [-0.2, -0.15) is 0 Å². The minimum absolute atomic E-state index is 0.166. The predicted octanol–water partition coefficient (Wildman–Crippen LogP) is 1.54. The number of ether oxygens (including phenoxy) is 3. The van der Waals surface area contributed by atoms with Crippen molar-refractivity contribution < 1.29 is 33.4 Å². The number of alkyl carbamates (subject to hydrolysis) is 1. The highest BCUT2D eigenvalue weighted by atomic mass is 16.6. The zero-order valence-electron chi connectivity index (χ0n) is 15.8. The first kappa shape index (κ1) is 20.0. The van der Waals surface area contributed by atoms with Crippen LogP contribution in [-0.4, -0.2) is 54.2 Å². The Morgan fingerprint density at radius 2 is 1.88 bits per heavy atom. The lowest BCUT2D eigenvalue weighted by atomic mass is 10.0. The number of nitrogens with one attached hydrogen (secondary N) is 1. The maximum atomic E-state index is 12.4. The summed E-state index contributed by atoms with van der Waals surface area (Å²) in [4.78, 5) is 41.7. The molecule has 0 unspecified atom stereocenters. The number of amides is 1. The van der Waals surface area contributed by atoms with Crippen molar-refractivity contribution in [3.05, 3.63) is 0 Å². The summed E-state index contributed by atoms with van der Waals surface area (Å²) in [7, 11) is 0. The van der Waals surface area contributed by atoms with E-state index in [0.717, 1.165) is 0 Å². The number of oxime groups is 1. The van der Waals surface area contributed by atoms with Gasteiger partial charge in [0.25, 0.3) is 0 Å². The first-order valence-electron chi connectivity index (χ1n) is 8.71. The lowest BCUT2D eigenvalue weighted by Crippen LogP contribution is -2.49. The fourth-order valence-corrected chi connectivity index (χ4v) is 2.86. The lowest BCUT2D eigenvalue weighted by molar-refractivity contribution is -0.148. The fourth-order valence-electron chi connectivity index (χ4n) is 2.86. The van der Waals surface area contributed by atoms with Gasteiger partial charge in [0.1, 0.15) is 17.2 Å². The Hall–Kier alpha value is -2.32. The van der Waals surface area contributed by atoms with Crippen LogP contribution in [0, 0.1) is 5.92 Å². The fraction of sp³-hybridized carbons (Fsp3) is 0.765. The minimum atomic E-state index is -1.23. The van der Waals surface area contributed by atoms with Gasteiger partial charge >= 0.3 is 18.0 Å². The third-order valence-electron chi connectivity index (χ3n) is 4.03. The van der Waals surface area contributed by atoms with Gasteiger partial charge in [0.05, 0.1) is 13.2 Å². The molecule has 0 radical (unpaired) electrons. The number of esters is 2. The molecule has 0 aromatic rings. The largest absolute Gasteiger partial charge is 0.464 e. The van der Waals surface area contributed by atoms with Crippen LogP contribution in [0.4, 0.5) is 4.79 Å². The molecule has 2 rings (SSSR count). The van der Waals surface area contributed by atoms with Crippen molar-refractivity contribution in [3.63, 3.8) is 0 Å². The second-order valence-corrected chi connectivity index (χ2v) is 7.24. The molecule has 0 spiro atoms. The predicted molar refractivity (Wildman–Crippen MR) is 90.4 cm³/mol. The summed E-state index contributed by atoms with van der Waals surface area (Å²) >= 11 is 0. The van der Waals surface area contributed by atoms with Crippen molar-refractivity contribution >= 4 is 23.7 Å². The summed E-state index contributed by atoms with van der Waals surface area (Å²) in [5.74, 6) is -1.47. The van der Waals surface area contributed by atoms with Gasteiger partial charge in [0, 0.05) is 12.3 Å². The van der Waals surface area contributed by atoms with Crippen molar-refractivity contribution in [3.8, 4) is 0 Å². The number of carbonyl (C=O) groups is 3. The highest BCUT2D eigenvalue weighted by Gasteiger charge is 2.67. The SMILES string of the molecule is CCOC(=O)C1=NO[C@H]([C@@H]2C[C@]2(NC(=O)OC(C)(C)C)C(=O)OCC)C1. The van der Waals surface area contributed by atoms with E-state index in [9.17, 15) is 14.4 Å². The Morgan fingerprint density at radius 1 is 1.23 bits per heavy atom. The molecular formula is C17H26N2O7. The van der Waals surface area contributed by atoms with E-state index in [1.54, 1.807) is 34.6 Å². The smallest absolute Gasteiger partial charge is 0.408 e. The quantitative estimate of drug-likeness (QED) is 0.557. The van der Waals surface area contributed by atoms with Gasteiger partial charge in [-0.1, -0.05) is 5.16 Å². The van der Waals surface area contributed by atoms with Crippen LogP contribution < -0.4 is 5.32 Å². The molecule has 1 N–H and O–H groups in total. The van der Waals surface area contributed by atoms with Crippen LogP contribution >= 0.6 is 0 Å². The molecule has 9 nitrogen and oxygen atoms in total. The Morgan fingerprint density at radius 3 is 2.46 bits per heavy atom. The van der Waals surface area contributed by atoms with Crippen molar-refractivity contribution in [2.75, 3.05) is 13.2 Å². The number of hydrogen-bond acceptors (Lipinski definition) is 8. The van der Waals surface area contributed by atoms with Crippen LogP contribution in [0.25, 0.3) is 0 Å². The molecule has 146 valence electrons. The van der Waals surface area contributed by atoms with Gasteiger partial charge in [-0.25, -0.2) is 14.4 Å². The van der Waals surface area contributed by atoms with Gasteiger partial charge < -0.3 is 24.4 Å². The van der Waals surface area contributed by atoms with Crippen molar-refractivity contribution in [1.82, 2.24) is 5.32 Å². The van der Waals surface area contributed by atoms with Crippen molar-refractivity contribution in [2.45, 2.75) is 64.7 Å². The molecule has 0 saturated heterocycles. The number of hydrogen-bond donors (Lipinski definition) is 1. The molecule has 0 bridgehead atoms. The molecular weight excluding hydrogens is 344 g/mol. The van der Waals surface area contributed by atoms with Gasteiger partial charge in [0.15, 0.2) is 5.71 Å². The van der Waals surface area contributed by atoms with Gasteiger partial charge in [0.2, 0.25) is 0 Å². The molecule has 0 aromatic carbocycles. The van der Waals surface area contributed by atoms with Crippen LogP contribution in [0.2, 0.25) is 0 Å². The first-order valence-corrected chi connectivity index (χ1v) is 8.71. The Kier molecular flexibility index (Phi) is 5.77. The Labute approximate surface area is 152 Å². The molecule has 9 heteroatoms. The second-order valence-electron chi connectivity index (χ2n) is 7.24. The van der Waals surface area contributed by atoms with E-state index >= 15 is 0 Å². The Balaban J connectivity index is 2.04. The summed E-state index contributed by atoms with van der Waals surface area (Å²) in [6, 6.07) is 0. The molecule has 1 amide bonds. The standard InChI is InChI=1S/C17H26N2O7/c1-6-23-13(20)11-8-12(26-19-11)10-9-17(10,14(21)24-7-2)18-15(22)25-16(3,4)5/h10,12H,6-9H2,1-5H3,(H,18,22)/t10-,12-,17+/m0/s1. The van der Waals surface area contributed by atoms with Crippen LogP contribution in [0.15, 0.2) is 5.16 Å². The molecule has 26 heavy (non-hydrogen) atoms. The van der Waals surface area contributed by atoms with Crippen LogP contribution in [0.5, 0.6) is 0 Å². The number of nitrogens with zero attached hydrogens (tertiary/aromatic N) is 1. The Bertz CT molecular complexity index is 611. The van der Waals surface area contributed by atoms with E-state index in [2.05, 4.69) is 10.5 Å². The monoisotopic (exact) mass is 370 g/mol. The topological polar surface area (TPSA) is 113 Å². The molecule has 1 saturated carbocycles. The lowest BCUT2D eigenvalue weighted by Gasteiger charge is -2.24. The first-order chi connectivity index (χ1) is 12.1. The summed E-state index contributed by atoms with van der Waals surface area (Å²) in [6.45, 7) is 8.99. The summed E-state index contributed by atoms with van der Waals surface area (Å²) in [5, 5.41) is 6.37. The van der Waals surface area contributed by atoms with E-state index in [1.807, 2.05) is 0 Å². The van der Waals surface area contributed by atoms with Crippen LogP contribution in [0.3, 0.4) is 0 Å². The third-order valence-corrected chi connectivity index (χ3v) is 4.03. The molecule has 1 fully saturated rings. The summed E-state index contributed by atoms with van der Waals surface area (Å²) < 4.78 is 15.3. The molecule has 3 atom stereocenters. The number of rotatable bonds is 6. The normalized spacial score (nSPS) is 27.0. The van der Waals surface area contributed by atoms with E-state index in [0.29, 0.717) is 6.42 Å². The highest BCUT2D eigenvalue weighted by Crippen LogP contribution is 2.50. The van der Waals surface area contributed by atoms with Gasteiger partial charge in [-0.15, -0.1) is 0 Å². The van der Waals surface area contributed by atoms with E-state index < -0.39 is 35.3 Å². The van der Waals surface area contributed by atoms with Gasteiger partial charge in [-0.05, 0) is 41.0 Å². The van der Waals surface area contributed by atoms with Gasteiger partial charge in [-0.3, -0.25) is 0 Å². The van der Waals surface area contributed by atoms with Crippen molar-refractivity contribution in [1.29, 1.82) is 0 Å². The average molecular weight is 370 g/mol. The number of carbonyl (C=O) groups excluding carboxylic acids is 3.